The summed E-state index contributed by atoms with van der Waals surface area (Å²) in [6, 6.07) is 14.2. The number of halogens is 1. The van der Waals surface area contributed by atoms with E-state index in [1.807, 2.05) is 30.3 Å². The van der Waals surface area contributed by atoms with Gasteiger partial charge < -0.3 is 9.47 Å². The van der Waals surface area contributed by atoms with Crippen LogP contribution in [0.3, 0.4) is 0 Å². The highest BCUT2D eigenvalue weighted by Crippen LogP contribution is 2.51. The summed E-state index contributed by atoms with van der Waals surface area (Å²) in [7, 11) is 2.20. The summed E-state index contributed by atoms with van der Waals surface area (Å²) < 4.78 is 12.8. The van der Waals surface area contributed by atoms with E-state index in [0.29, 0.717) is 29.5 Å². The number of benzene rings is 2. The molecule has 0 spiro atoms. The number of rotatable bonds is 4. The Morgan fingerprint density at radius 2 is 1.77 bits per heavy atom. The summed E-state index contributed by atoms with van der Waals surface area (Å²) in [5.74, 6) is 2.86. The van der Waals surface area contributed by atoms with Crippen LogP contribution < -0.4 is 4.74 Å². The summed E-state index contributed by atoms with van der Waals surface area (Å²) >= 11 is 6.36. The van der Waals surface area contributed by atoms with Crippen molar-refractivity contribution in [2.75, 3.05) is 26.9 Å². The van der Waals surface area contributed by atoms with Crippen molar-refractivity contribution < 1.29 is 18.8 Å². The van der Waals surface area contributed by atoms with Crippen molar-refractivity contribution in [3.63, 3.8) is 0 Å². The number of ether oxygens (including phenoxy) is 2. The Balaban J connectivity index is 1.38. The second-order valence-electron chi connectivity index (χ2n) is 9.52. The minimum absolute atomic E-state index is 0.0412. The molecule has 5 rings (SSSR count). The fraction of sp³-hybridized carbons (Fsp3) is 0.480. The summed E-state index contributed by atoms with van der Waals surface area (Å²) in [4.78, 5) is 12.4. The van der Waals surface area contributed by atoms with Crippen LogP contribution in [0.25, 0.3) is 0 Å². The SMILES string of the molecule is C[N+]1(COC(=O)CC2CCCC2)CC2c3ccccc3Oc3ccc(Cl)cc3C2C1. The van der Waals surface area contributed by atoms with Crippen molar-refractivity contribution >= 4 is 17.6 Å². The smallest absolute Gasteiger partial charge is 0.310 e. The number of carbonyl (C=O) groups is 1. The molecule has 0 N–H and O–H groups in total. The Hall–Kier alpha value is -2.04. The van der Waals surface area contributed by atoms with Gasteiger partial charge in [-0.05, 0) is 43.0 Å². The molecule has 1 aliphatic carbocycles. The van der Waals surface area contributed by atoms with Gasteiger partial charge >= 0.3 is 5.97 Å². The van der Waals surface area contributed by atoms with Crippen molar-refractivity contribution in [2.45, 2.75) is 43.9 Å². The van der Waals surface area contributed by atoms with Crippen molar-refractivity contribution in [3.05, 3.63) is 58.6 Å². The van der Waals surface area contributed by atoms with Gasteiger partial charge in [-0.2, -0.15) is 0 Å². The van der Waals surface area contributed by atoms with Gasteiger partial charge in [0.15, 0.2) is 0 Å². The zero-order chi connectivity index (χ0) is 20.7. The molecular weight excluding hydrogens is 398 g/mol. The van der Waals surface area contributed by atoms with Gasteiger partial charge in [0.25, 0.3) is 0 Å². The lowest BCUT2D eigenvalue weighted by Gasteiger charge is -2.29. The highest BCUT2D eigenvalue weighted by atomic mass is 35.5. The molecule has 2 aromatic rings. The summed E-state index contributed by atoms with van der Waals surface area (Å²) in [5, 5.41) is 0.728. The average molecular weight is 427 g/mol. The van der Waals surface area contributed by atoms with Gasteiger partial charge in [-0.25, -0.2) is 0 Å². The van der Waals surface area contributed by atoms with Gasteiger partial charge in [-0.3, -0.25) is 9.28 Å². The van der Waals surface area contributed by atoms with Gasteiger partial charge in [0.05, 0.1) is 20.1 Å². The maximum atomic E-state index is 12.4. The number of para-hydroxylation sites is 1. The molecule has 1 saturated carbocycles. The van der Waals surface area contributed by atoms with Crippen molar-refractivity contribution in [2.24, 2.45) is 5.92 Å². The number of likely N-dealkylation sites (N-methyl/N-ethyl adjacent to an activating group) is 1. The standard InChI is InChI=1S/C25H29ClNO3/c1-27(16-29-25(28)12-17-6-2-3-7-17)14-21-19-8-4-5-9-23(19)30-24-11-10-18(26)13-20(24)22(21)15-27/h4-5,8-11,13,17,21-22H,2-3,6-7,12,14-16H2,1H3/q+1. The molecule has 3 unspecified atom stereocenters. The molecule has 0 amide bonds. The van der Waals surface area contributed by atoms with Crippen LogP contribution in [0.5, 0.6) is 11.5 Å². The van der Waals surface area contributed by atoms with Gasteiger partial charge in [0.1, 0.15) is 11.5 Å². The van der Waals surface area contributed by atoms with E-state index in [1.165, 1.54) is 31.2 Å². The largest absolute Gasteiger partial charge is 0.457 e. The number of hydrogen-bond acceptors (Lipinski definition) is 3. The Kier molecular flexibility index (Phi) is 5.24. The molecule has 4 nitrogen and oxygen atoms in total. The fourth-order valence-corrected chi connectivity index (χ4v) is 5.83. The van der Waals surface area contributed by atoms with Crippen molar-refractivity contribution in [3.8, 4) is 11.5 Å². The molecule has 2 fully saturated rings. The average Bonchev–Trinajstić information content (AvgIpc) is 3.34. The van der Waals surface area contributed by atoms with Crippen LogP contribution >= 0.6 is 11.6 Å². The van der Waals surface area contributed by atoms with Crippen LogP contribution in [0.1, 0.15) is 55.1 Å². The molecule has 0 bridgehead atoms. The van der Waals surface area contributed by atoms with E-state index in [9.17, 15) is 4.79 Å². The predicted molar refractivity (Wildman–Crippen MR) is 117 cm³/mol. The van der Waals surface area contributed by atoms with Crippen LogP contribution in [-0.2, 0) is 9.53 Å². The number of nitrogens with zero attached hydrogens (tertiary/aromatic N) is 1. The lowest BCUT2D eigenvalue weighted by atomic mass is 9.84. The highest BCUT2D eigenvalue weighted by molar-refractivity contribution is 6.30. The minimum Gasteiger partial charge on any atom is -0.457 e. The first kappa shape index (κ1) is 19.9. The van der Waals surface area contributed by atoms with Gasteiger partial charge in [-0.1, -0.05) is 42.6 Å². The first-order valence-corrected chi connectivity index (χ1v) is 11.4. The molecule has 2 aliphatic heterocycles. The number of likely N-dealkylation sites (tertiary alicyclic amines) is 1. The van der Waals surface area contributed by atoms with Crippen LogP contribution in [0, 0.1) is 5.92 Å². The number of carbonyl (C=O) groups excluding carboxylic acids is 1. The van der Waals surface area contributed by atoms with Crippen molar-refractivity contribution in [1.82, 2.24) is 0 Å². The molecule has 30 heavy (non-hydrogen) atoms. The summed E-state index contributed by atoms with van der Waals surface area (Å²) in [6.07, 6.45) is 5.40. The van der Waals surface area contributed by atoms with E-state index in [0.717, 1.165) is 35.2 Å². The van der Waals surface area contributed by atoms with Crippen molar-refractivity contribution in [1.29, 1.82) is 0 Å². The number of quaternary nitrogens is 1. The maximum absolute atomic E-state index is 12.4. The lowest BCUT2D eigenvalue weighted by molar-refractivity contribution is -0.915. The molecule has 2 aromatic carbocycles. The monoisotopic (exact) mass is 426 g/mol. The van der Waals surface area contributed by atoms with Gasteiger partial charge in [-0.15, -0.1) is 0 Å². The Labute approximate surface area is 183 Å². The quantitative estimate of drug-likeness (QED) is 0.454. The third kappa shape index (κ3) is 3.83. The molecule has 0 radical (unpaired) electrons. The van der Waals surface area contributed by atoms with E-state index in [-0.39, 0.29) is 11.9 Å². The number of esters is 1. The van der Waals surface area contributed by atoms with E-state index < -0.39 is 0 Å². The zero-order valence-corrected chi connectivity index (χ0v) is 18.2. The third-order valence-electron chi connectivity index (χ3n) is 7.14. The molecule has 3 aliphatic rings. The normalized spacial score (nSPS) is 27.5. The Morgan fingerprint density at radius 3 is 2.57 bits per heavy atom. The minimum atomic E-state index is -0.0412. The lowest BCUT2D eigenvalue weighted by Crippen LogP contribution is -2.44. The maximum Gasteiger partial charge on any atom is 0.310 e. The predicted octanol–water partition coefficient (Wildman–Crippen LogP) is 5.85. The first-order valence-electron chi connectivity index (χ1n) is 11.1. The van der Waals surface area contributed by atoms with Crippen LogP contribution in [-0.4, -0.2) is 37.3 Å². The molecule has 2 heterocycles. The third-order valence-corrected chi connectivity index (χ3v) is 7.37. The molecule has 1 saturated heterocycles. The second kappa shape index (κ2) is 7.90. The van der Waals surface area contributed by atoms with E-state index in [2.05, 4.69) is 19.2 Å². The Bertz CT molecular complexity index is 955. The Morgan fingerprint density at radius 1 is 1.07 bits per heavy atom. The summed E-state index contributed by atoms with van der Waals surface area (Å²) in [5.41, 5.74) is 2.39. The number of hydrogen-bond donors (Lipinski definition) is 0. The molecular formula is C25H29ClNO3+. The van der Waals surface area contributed by atoms with E-state index >= 15 is 0 Å². The molecule has 5 heteroatoms. The zero-order valence-electron chi connectivity index (χ0n) is 17.5. The highest BCUT2D eigenvalue weighted by Gasteiger charge is 2.48. The van der Waals surface area contributed by atoms with Crippen LogP contribution in [0.4, 0.5) is 0 Å². The van der Waals surface area contributed by atoms with Crippen LogP contribution in [0.2, 0.25) is 5.02 Å². The molecule has 158 valence electrons. The van der Waals surface area contributed by atoms with E-state index in [1.54, 1.807) is 0 Å². The van der Waals surface area contributed by atoms with Crippen LogP contribution in [0.15, 0.2) is 42.5 Å². The van der Waals surface area contributed by atoms with Gasteiger partial charge in [0, 0.05) is 34.4 Å². The second-order valence-corrected chi connectivity index (χ2v) is 9.96. The fourth-order valence-electron chi connectivity index (χ4n) is 5.65. The summed E-state index contributed by atoms with van der Waals surface area (Å²) in [6.45, 7) is 2.23. The van der Waals surface area contributed by atoms with E-state index in [4.69, 9.17) is 21.1 Å². The molecule has 3 atom stereocenters. The first-order chi connectivity index (χ1) is 14.5. The molecule has 0 aromatic heterocycles. The number of fused-ring (bicyclic) bond motifs is 5. The van der Waals surface area contributed by atoms with Gasteiger partial charge in [0.2, 0.25) is 6.73 Å². The topological polar surface area (TPSA) is 35.5 Å².